The van der Waals surface area contributed by atoms with Gasteiger partial charge in [-0.15, -0.1) is 0 Å². The summed E-state index contributed by atoms with van der Waals surface area (Å²) in [4.78, 5) is 13.8. The van der Waals surface area contributed by atoms with Gasteiger partial charge in [-0.05, 0) is 45.4 Å². The van der Waals surface area contributed by atoms with Crippen LogP contribution in [0.4, 0.5) is 18.0 Å². The van der Waals surface area contributed by atoms with E-state index in [9.17, 15) is 18.0 Å². The minimum absolute atomic E-state index is 0.116. The van der Waals surface area contributed by atoms with Crippen LogP contribution in [-0.4, -0.2) is 55.0 Å². The lowest BCUT2D eigenvalue weighted by Gasteiger charge is -2.40. The lowest BCUT2D eigenvalue weighted by Crippen LogP contribution is -2.59. The maximum absolute atomic E-state index is 12.7. The molecule has 1 heterocycles. The van der Waals surface area contributed by atoms with Gasteiger partial charge < -0.3 is 20.7 Å². The molecule has 1 aliphatic carbocycles. The van der Waals surface area contributed by atoms with Crippen LogP contribution in [0.2, 0.25) is 0 Å². The molecule has 140 valence electrons. The van der Waals surface area contributed by atoms with Crippen molar-refractivity contribution < 1.29 is 22.7 Å². The highest BCUT2D eigenvalue weighted by Crippen LogP contribution is 2.38. The Kier molecular flexibility index (Phi) is 6.74. The van der Waals surface area contributed by atoms with Crippen LogP contribution >= 0.6 is 0 Å². The van der Waals surface area contributed by atoms with E-state index in [0.717, 1.165) is 12.8 Å². The standard InChI is InChI=1S/C16H28F3N3O2/c1-2-21-15(23)22-9-3-4-13(20)14(22)10-24-12-7-5-11(6-8-12)16(17,18)19/h11-14H,2-10,20H2,1H3,(H,21,23)/t11-,12+,13-,14-/m0/s1. The van der Waals surface area contributed by atoms with E-state index < -0.39 is 12.1 Å². The molecule has 1 saturated carbocycles. The number of urea groups is 1. The number of rotatable bonds is 4. The number of halogens is 3. The maximum Gasteiger partial charge on any atom is 0.391 e. The van der Waals surface area contributed by atoms with Crippen LogP contribution < -0.4 is 11.1 Å². The van der Waals surface area contributed by atoms with Crippen molar-refractivity contribution >= 4 is 6.03 Å². The molecule has 2 fully saturated rings. The first kappa shape index (κ1) is 19.3. The fourth-order valence-corrected chi connectivity index (χ4v) is 3.60. The van der Waals surface area contributed by atoms with Gasteiger partial charge in [0, 0.05) is 19.1 Å². The number of nitrogens with zero attached hydrogens (tertiary/aromatic N) is 1. The quantitative estimate of drug-likeness (QED) is 0.818. The largest absolute Gasteiger partial charge is 0.391 e. The molecule has 0 radical (unpaired) electrons. The summed E-state index contributed by atoms with van der Waals surface area (Å²) in [7, 11) is 0. The summed E-state index contributed by atoms with van der Waals surface area (Å²) in [6, 6.07) is -0.527. The number of carbonyl (C=O) groups excluding carboxylic acids is 1. The van der Waals surface area contributed by atoms with Crippen LogP contribution in [0.25, 0.3) is 0 Å². The molecule has 2 atom stereocenters. The van der Waals surface area contributed by atoms with Gasteiger partial charge in [0.15, 0.2) is 0 Å². The average Bonchev–Trinajstić information content (AvgIpc) is 2.53. The van der Waals surface area contributed by atoms with Crippen LogP contribution in [0.1, 0.15) is 45.4 Å². The molecule has 2 rings (SSSR count). The van der Waals surface area contributed by atoms with Crippen molar-refractivity contribution in [3.8, 4) is 0 Å². The second-order valence-corrected chi connectivity index (χ2v) is 6.75. The number of likely N-dealkylation sites (tertiary alicyclic amines) is 1. The Morgan fingerprint density at radius 3 is 2.50 bits per heavy atom. The van der Waals surface area contributed by atoms with E-state index in [1.165, 1.54) is 0 Å². The number of piperidine rings is 1. The summed E-state index contributed by atoms with van der Waals surface area (Å²) < 4.78 is 43.9. The van der Waals surface area contributed by atoms with Crippen LogP contribution in [0.15, 0.2) is 0 Å². The molecule has 3 N–H and O–H groups in total. The SMILES string of the molecule is CCNC(=O)N1CCC[C@H](N)[C@@H]1CO[C@H]1CC[C@@H](C(F)(F)F)CC1. The summed E-state index contributed by atoms with van der Waals surface area (Å²) in [5, 5.41) is 2.78. The molecule has 0 unspecified atom stereocenters. The Morgan fingerprint density at radius 1 is 1.25 bits per heavy atom. The van der Waals surface area contributed by atoms with Crippen molar-refractivity contribution in [2.75, 3.05) is 19.7 Å². The molecule has 8 heteroatoms. The van der Waals surface area contributed by atoms with Gasteiger partial charge in [-0.3, -0.25) is 0 Å². The monoisotopic (exact) mass is 351 g/mol. The van der Waals surface area contributed by atoms with Crippen LogP contribution in [0.3, 0.4) is 0 Å². The zero-order valence-corrected chi connectivity index (χ0v) is 14.1. The predicted octanol–water partition coefficient (Wildman–Crippen LogP) is 2.65. The molecular formula is C16H28F3N3O2. The Labute approximate surface area is 141 Å². The van der Waals surface area contributed by atoms with Crippen molar-refractivity contribution in [1.29, 1.82) is 0 Å². The molecule has 1 aliphatic heterocycles. The first-order valence-electron chi connectivity index (χ1n) is 8.81. The number of nitrogens with two attached hydrogens (primary N) is 1. The van der Waals surface area contributed by atoms with Gasteiger partial charge in [0.05, 0.1) is 24.7 Å². The Hall–Kier alpha value is -1.02. The summed E-state index contributed by atoms with van der Waals surface area (Å²) in [5.74, 6) is -1.21. The highest BCUT2D eigenvalue weighted by molar-refractivity contribution is 5.74. The lowest BCUT2D eigenvalue weighted by atomic mass is 9.87. The van der Waals surface area contributed by atoms with Gasteiger partial charge in [-0.25, -0.2) is 4.79 Å². The molecule has 0 aromatic carbocycles. The van der Waals surface area contributed by atoms with Gasteiger partial charge in [0.1, 0.15) is 0 Å². The third-order valence-electron chi connectivity index (χ3n) is 5.06. The number of amides is 2. The number of hydrogen-bond acceptors (Lipinski definition) is 3. The Morgan fingerprint density at radius 2 is 1.92 bits per heavy atom. The van der Waals surface area contributed by atoms with Crippen molar-refractivity contribution in [2.45, 2.75) is 69.8 Å². The minimum atomic E-state index is -4.11. The van der Waals surface area contributed by atoms with E-state index in [2.05, 4.69) is 5.32 Å². The zero-order valence-electron chi connectivity index (χ0n) is 14.1. The second-order valence-electron chi connectivity index (χ2n) is 6.75. The van der Waals surface area contributed by atoms with Gasteiger partial charge in [0.25, 0.3) is 0 Å². The van der Waals surface area contributed by atoms with Gasteiger partial charge in [-0.2, -0.15) is 13.2 Å². The lowest BCUT2D eigenvalue weighted by molar-refractivity contribution is -0.188. The number of carbonyl (C=O) groups is 1. The molecule has 0 bridgehead atoms. The molecule has 0 spiro atoms. The molecule has 2 aliphatic rings. The predicted molar refractivity (Wildman–Crippen MR) is 84.5 cm³/mol. The smallest absolute Gasteiger partial charge is 0.376 e. The van der Waals surface area contributed by atoms with E-state index in [4.69, 9.17) is 10.5 Å². The molecule has 24 heavy (non-hydrogen) atoms. The topological polar surface area (TPSA) is 67.6 Å². The number of hydrogen-bond donors (Lipinski definition) is 2. The van der Waals surface area contributed by atoms with E-state index in [1.54, 1.807) is 4.90 Å². The number of nitrogens with one attached hydrogen (secondary N) is 1. The number of ether oxygens (including phenoxy) is 1. The zero-order chi connectivity index (χ0) is 17.7. The average molecular weight is 351 g/mol. The van der Waals surface area contributed by atoms with Crippen molar-refractivity contribution in [1.82, 2.24) is 10.2 Å². The second kappa shape index (κ2) is 8.38. The first-order chi connectivity index (χ1) is 11.3. The molecule has 0 aromatic heterocycles. The van der Waals surface area contributed by atoms with Crippen molar-refractivity contribution in [2.24, 2.45) is 11.7 Å². The van der Waals surface area contributed by atoms with Crippen LogP contribution in [0, 0.1) is 5.92 Å². The van der Waals surface area contributed by atoms with E-state index in [1.807, 2.05) is 6.92 Å². The van der Waals surface area contributed by atoms with Crippen molar-refractivity contribution in [3.63, 3.8) is 0 Å². The highest BCUT2D eigenvalue weighted by atomic mass is 19.4. The Balaban J connectivity index is 1.84. The third-order valence-corrected chi connectivity index (χ3v) is 5.06. The molecular weight excluding hydrogens is 323 g/mol. The molecule has 1 saturated heterocycles. The third kappa shape index (κ3) is 4.99. The highest BCUT2D eigenvalue weighted by Gasteiger charge is 2.42. The normalized spacial score (nSPS) is 31.8. The van der Waals surface area contributed by atoms with Crippen molar-refractivity contribution in [3.05, 3.63) is 0 Å². The van der Waals surface area contributed by atoms with Gasteiger partial charge in [-0.1, -0.05) is 0 Å². The fourth-order valence-electron chi connectivity index (χ4n) is 3.60. The minimum Gasteiger partial charge on any atom is -0.376 e. The summed E-state index contributed by atoms with van der Waals surface area (Å²) in [6.45, 7) is 3.32. The molecule has 0 aromatic rings. The maximum atomic E-state index is 12.7. The van der Waals surface area contributed by atoms with Gasteiger partial charge in [0.2, 0.25) is 0 Å². The summed E-state index contributed by atoms with van der Waals surface area (Å²) in [6.07, 6.45) is -1.55. The van der Waals surface area contributed by atoms with Crippen LogP contribution in [0.5, 0.6) is 0 Å². The van der Waals surface area contributed by atoms with Gasteiger partial charge >= 0.3 is 12.2 Å². The van der Waals surface area contributed by atoms with E-state index >= 15 is 0 Å². The first-order valence-corrected chi connectivity index (χ1v) is 8.81. The van der Waals surface area contributed by atoms with E-state index in [-0.39, 0.29) is 37.1 Å². The summed E-state index contributed by atoms with van der Waals surface area (Å²) >= 11 is 0. The Bertz CT molecular complexity index is 412. The summed E-state index contributed by atoms with van der Waals surface area (Å²) in [5.41, 5.74) is 6.15. The van der Waals surface area contributed by atoms with Crippen LogP contribution in [-0.2, 0) is 4.74 Å². The fraction of sp³-hybridized carbons (Fsp3) is 0.938. The number of alkyl halides is 3. The molecule has 2 amide bonds. The van der Waals surface area contributed by atoms with E-state index in [0.29, 0.717) is 32.5 Å². The molecule has 5 nitrogen and oxygen atoms in total.